The van der Waals surface area contributed by atoms with Crippen molar-refractivity contribution >= 4 is 15.9 Å². The summed E-state index contributed by atoms with van der Waals surface area (Å²) in [7, 11) is -3.52. The van der Waals surface area contributed by atoms with Crippen LogP contribution in [0.15, 0.2) is 59.6 Å². The molecule has 1 fully saturated rings. The Labute approximate surface area is 141 Å². The van der Waals surface area contributed by atoms with Crippen LogP contribution < -0.4 is 0 Å². The van der Waals surface area contributed by atoms with Crippen LogP contribution in [-0.4, -0.2) is 54.7 Å². The van der Waals surface area contributed by atoms with Crippen LogP contribution in [0, 0.1) is 0 Å². The fraction of sp³-hybridized carbons (Fsp3) is 0.294. The molecule has 6 nitrogen and oxygen atoms in total. The Hall–Kier alpha value is -2.25. The van der Waals surface area contributed by atoms with E-state index in [4.69, 9.17) is 0 Å². The molecule has 1 saturated heterocycles. The molecule has 0 aliphatic carbocycles. The van der Waals surface area contributed by atoms with Gasteiger partial charge in [-0.05, 0) is 30.7 Å². The van der Waals surface area contributed by atoms with Crippen LogP contribution >= 0.6 is 0 Å². The maximum absolute atomic E-state index is 12.7. The molecule has 1 aromatic carbocycles. The topological polar surface area (TPSA) is 70.6 Å². The maximum Gasteiger partial charge on any atom is 0.272 e. The molecular formula is C17H19N3O3S. The van der Waals surface area contributed by atoms with Crippen molar-refractivity contribution < 1.29 is 13.2 Å². The molecule has 1 aliphatic heterocycles. The highest BCUT2D eigenvalue weighted by Gasteiger charge is 2.28. The van der Waals surface area contributed by atoms with Crippen molar-refractivity contribution in [2.45, 2.75) is 11.3 Å². The molecule has 0 saturated carbocycles. The molecular weight excluding hydrogens is 326 g/mol. The van der Waals surface area contributed by atoms with E-state index in [1.54, 1.807) is 59.6 Å². The molecule has 0 spiro atoms. The number of nitrogens with zero attached hydrogens (tertiary/aromatic N) is 3. The molecule has 2 heterocycles. The Morgan fingerprint density at radius 3 is 2.38 bits per heavy atom. The third-order valence-electron chi connectivity index (χ3n) is 4.01. The van der Waals surface area contributed by atoms with E-state index in [9.17, 15) is 13.2 Å². The largest absolute Gasteiger partial charge is 0.336 e. The molecule has 0 unspecified atom stereocenters. The van der Waals surface area contributed by atoms with Crippen molar-refractivity contribution in [2.75, 3.05) is 26.2 Å². The summed E-state index contributed by atoms with van der Waals surface area (Å²) in [5, 5.41) is 0. The highest BCUT2D eigenvalue weighted by Crippen LogP contribution is 2.18. The zero-order chi connectivity index (χ0) is 17.0. The minimum absolute atomic E-state index is 0.158. The quantitative estimate of drug-likeness (QED) is 0.847. The zero-order valence-electron chi connectivity index (χ0n) is 13.2. The molecule has 1 aliphatic rings. The van der Waals surface area contributed by atoms with Crippen LogP contribution in [-0.2, 0) is 10.0 Å². The van der Waals surface area contributed by atoms with E-state index in [2.05, 4.69) is 4.98 Å². The van der Waals surface area contributed by atoms with Crippen molar-refractivity contribution in [1.29, 1.82) is 0 Å². The first kappa shape index (κ1) is 16.6. The summed E-state index contributed by atoms with van der Waals surface area (Å²) in [6.07, 6.45) is 2.18. The van der Waals surface area contributed by atoms with Crippen LogP contribution in [0.3, 0.4) is 0 Å². The Balaban J connectivity index is 1.73. The smallest absolute Gasteiger partial charge is 0.272 e. The number of rotatable bonds is 3. The van der Waals surface area contributed by atoms with E-state index in [1.165, 1.54) is 4.31 Å². The SMILES string of the molecule is O=C(c1ccccn1)N1CCCN(S(=O)(=O)c2ccccc2)CC1. The average Bonchev–Trinajstić information content (AvgIpc) is 2.89. The van der Waals surface area contributed by atoms with Gasteiger partial charge in [-0.1, -0.05) is 24.3 Å². The first-order valence-electron chi connectivity index (χ1n) is 7.84. The second-order valence-electron chi connectivity index (χ2n) is 5.58. The van der Waals surface area contributed by atoms with Gasteiger partial charge in [0, 0.05) is 32.4 Å². The Morgan fingerprint density at radius 1 is 0.917 bits per heavy atom. The highest BCUT2D eigenvalue weighted by atomic mass is 32.2. The van der Waals surface area contributed by atoms with Gasteiger partial charge in [0.2, 0.25) is 10.0 Å². The minimum atomic E-state index is -3.52. The zero-order valence-corrected chi connectivity index (χ0v) is 14.0. The third kappa shape index (κ3) is 3.47. The van der Waals surface area contributed by atoms with Crippen LogP contribution in [0.1, 0.15) is 16.9 Å². The predicted octanol–water partition coefficient (Wildman–Crippen LogP) is 1.62. The fourth-order valence-corrected chi connectivity index (χ4v) is 4.22. The van der Waals surface area contributed by atoms with Crippen LogP contribution in [0.2, 0.25) is 0 Å². The van der Waals surface area contributed by atoms with Gasteiger partial charge in [0.05, 0.1) is 4.90 Å². The standard InChI is InChI=1S/C17H19N3O3S/c21-17(16-9-4-5-10-18-16)19-11-6-12-20(14-13-19)24(22,23)15-7-2-1-3-8-15/h1-5,7-10H,6,11-14H2. The molecule has 24 heavy (non-hydrogen) atoms. The second kappa shape index (κ2) is 7.11. The molecule has 7 heteroatoms. The van der Waals surface area contributed by atoms with Crippen LogP contribution in [0.4, 0.5) is 0 Å². The van der Waals surface area contributed by atoms with Gasteiger partial charge < -0.3 is 4.90 Å². The monoisotopic (exact) mass is 345 g/mol. The number of aromatic nitrogens is 1. The van der Waals surface area contributed by atoms with Crippen molar-refractivity contribution in [3.63, 3.8) is 0 Å². The molecule has 1 amide bonds. The van der Waals surface area contributed by atoms with Gasteiger partial charge in [0.1, 0.15) is 5.69 Å². The molecule has 0 atom stereocenters. The Kier molecular flexibility index (Phi) is 4.92. The summed E-state index contributed by atoms with van der Waals surface area (Å²) >= 11 is 0. The predicted molar refractivity (Wildman–Crippen MR) is 90.0 cm³/mol. The third-order valence-corrected chi connectivity index (χ3v) is 5.92. The van der Waals surface area contributed by atoms with E-state index >= 15 is 0 Å². The lowest BCUT2D eigenvalue weighted by Gasteiger charge is -2.21. The van der Waals surface area contributed by atoms with Crippen molar-refractivity contribution in [3.05, 3.63) is 60.4 Å². The molecule has 126 valence electrons. The highest BCUT2D eigenvalue weighted by molar-refractivity contribution is 7.89. The molecule has 0 N–H and O–H groups in total. The van der Waals surface area contributed by atoms with E-state index in [1.807, 2.05) is 0 Å². The Morgan fingerprint density at radius 2 is 1.67 bits per heavy atom. The molecule has 0 bridgehead atoms. The normalized spacial score (nSPS) is 16.6. The minimum Gasteiger partial charge on any atom is -0.336 e. The second-order valence-corrected chi connectivity index (χ2v) is 7.52. The summed E-state index contributed by atoms with van der Waals surface area (Å²) in [6, 6.07) is 13.6. The van der Waals surface area contributed by atoms with Crippen molar-refractivity contribution in [2.24, 2.45) is 0 Å². The number of pyridine rings is 1. The van der Waals surface area contributed by atoms with Gasteiger partial charge in [-0.2, -0.15) is 4.31 Å². The van der Waals surface area contributed by atoms with Crippen molar-refractivity contribution in [3.8, 4) is 0 Å². The van der Waals surface area contributed by atoms with Gasteiger partial charge in [0.15, 0.2) is 0 Å². The van der Waals surface area contributed by atoms with E-state index in [-0.39, 0.29) is 17.3 Å². The summed E-state index contributed by atoms with van der Waals surface area (Å²) in [4.78, 5) is 18.5. The molecule has 2 aromatic rings. The number of benzene rings is 1. The first-order chi connectivity index (χ1) is 11.6. The lowest BCUT2D eigenvalue weighted by Crippen LogP contribution is -2.37. The van der Waals surface area contributed by atoms with Gasteiger partial charge in [-0.3, -0.25) is 9.78 Å². The fourth-order valence-electron chi connectivity index (χ4n) is 2.73. The number of hydrogen-bond donors (Lipinski definition) is 0. The van der Waals surface area contributed by atoms with Gasteiger partial charge in [-0.15, -0.1) is 0 Å². The Bertz CT molecular complexity index is 794. The number of sulfonamides is 1. The molecule has 0 radical (unpaired) electrons. The van der Waals surface area contributed by atoms with E-state index < -0.39 is 10.0 Å². The van der Waals surface area contributed by atoms with E-state index in [0.717, 1.165) is 0 Å². The first-order valence-corrected chi connectivity index (χ1v) is 9.28. The average molecular weight is 345 g/mol. The van der Waals surface area contributed by atoms with Crippen LogP contribution in [0.25, 0.3) is 0 Å². The van der Waals surface area contributed by atoms with Gasteiger partial charge in [-0.25, -0.2) is 8.42 Å². The van der Waals surface area contributed by atoms with E-state index in [0.29, 0.717) is 31.7 Å². The molecule has 3 rings (SSSR count). The van der Waals surface area contributed by atoms with Gasteiger partial charge in [0.25, 0.3) is 5.91 Å². The number of amides is 1. The summed E-state index contributed by atoms with van der Waals surface area (Å²) in [6.45, 7) is 1.58. The van der Waals surface area contributed by atoms with Crippen LogP contribution in [0.5, 0.6) is 0 Å². The lowest BCUT2D eigenvalue weighted by atomic mass is 10.3. The van der Waals surface area contributed by atoms with Gasteiger partial charge >= 0.3 is 0 Å². The molecule has 1 aromatic heterocycles. The summed E-state index contributed by atoms with van der Waals surface area (Å²) in [5.41, 5.74) is 0.386. The maximum atomic E-state index is 12.7. The number of carbonyl (C=O) groups is 1. The lowest BCUT2D eigenvalue weighted by molar-refractivity contribution is 0.0758. The summed E-state index contributed by atoms with van der Waals surface area (Å²) < 4.78 is 26.8. The number of carbonyl (C=O) groups excluding carboxylic acids is 1. The van der Waals surface area contributed by atoms with Crippen molar-refractivity contribution in [1.82, 2.24) is 14.2 Å². The number of hydrogen-bond acceptors (Lipinski definition) is 4. The summed E-state index contributed by atoms with van der Waals surface area (Å²) in [5.74, 6) is -0.158.